The zero-order valence-electron chi connectivity index (χ0n) is 9.24. The maximum atomic E-state index is 5.95. The van der Waals surface area contributed by atoms with Crippen molar-refractivity contribution in [3.63, 3.8) is 0 Å². The molecule has 1 aliphatic rings. The highest BCUT2D eigenvalue weighted by molar-refractivity contribution is 7.98. The lowest BCUT2D eigenvalue weighted by atomic mass is 9.98. The van der Waals surface area contributed by atoms with Crippen molar-refractivity contribution in [2.45, 2.75) is 43.1 Å². The van der Waals surface area contributed by atoms with Crippen molar-refractivity contribution in [2.24, 2.45) is 0 Å². The predicted octanol–water partition coefficient (Wildman–Crippen LogP) is 4.12. The topological polar surface area (TPSA) is 9.23 Å². The Morgan fingerprint density at radius 2 is 1.73 bits per heavy atom. The van der Waals surface area contributed by atoms with Gasteiger partial charge in [0.15, 0.2) is 0 Å². The minimum absolute atomic E-state index is 0.457. The summed E-state index contributed by atoms with van der Waals surface area (Å²) < 4.78 is 5.95. The van der Waals surface area contributed by atoms with Crippen LogP contribution in [0.1, 0.15) is 32.1 Å². The molecule has 0 N–H and O–H groups in total. The Balaban J connectivity index is 1.91. The molecule has 0 heterocycles. The molecule has 2 rings (SSSR count). The molecule has 0 spiro atoms. The molecular formula is C13H18OS. The van der Waals surface area contributed by atoms with Gasteiger partial charge in [0, 0.05) is 4.90 Å². The molecule has 0 amide bonds. The van der Waals surface area contributed by atoms with E-state index in [9.17, 15) is 0 Å². The molecule has 1 aromatic carbocycles. The van der Waals surface area contributed by atoms with Gasteiger partial charge in [0.1, 0.15) is 5.75 Å². The monoisotopic (exact) mass is 222 g/mol. The minimum atomic E-state index is 0.457. The smallest absolute Gasteiger partial charge is 0.119 e. The van der Waals surface area contributed by atoms with E-state index in [1.54, 1.807) is 11.8 Å². The van der Waals surface area contributed by atoms with Gasteiger partial charge in [0.2, 0.25) is 0 Å². The molecule has 0 aromatic heterocycles. The maximum absolute atomic E-state index is 5.95. The molecule has 0 radical (unpaired) electrons. The fraction of sp³-hybridized carbons (Fsp3) is 0.538. The fourth-order valence-electron chi connectivity index (χ4n) is 2.03. The lowest BCUT2D eigenvalue weighted by Crippen LogP contribution is -2.19. The second-order valence-corrected chi connectivity index (χ2v) is 4.93. The van der Waals surface area contributed by atoms with Crippen molar-refractivity contribution < 1.29 is 4.74 Å². The zero-order chi connectivity index (χ0) is 10.5. The van der Waals surface area contributed by atoms with Crippen LogP contribution in [-0.4, -0.2) is 12.4 Å². The molecule has 15 heavy (non-hydrogen) atoms. The van der Waals surface area contributed by atoms with Crippen LogP contribution < -0.4 is 4.74 Å². The van der Waals surface area contributed by atoms with Gasteiger partial charge in [-0.25, -0.2) is 0 Å². The van der Waals surface area contributed by atoms with Gasteiger partial charge in [-0.1, -0.05) is 6.42 Å². The number of hydrogen-bond donors (Lipinski definition) is 0. The van der Waals surface area contributed by atoms with Crippen LogP contribution in [0.4, 0.5) is 0 Å². The van der Waals surface area contributed by atoms with Gasteiger partial charge in [-0.15, -0.1) is 11.8 Å². The quantitative estimate of drug-likeness (QED) is 0.711. The van der Waals surface area contributed by atoms with Gasteiger partial charge in [-0.3, -0.25) is 0 Å². The first-order chi connectivity index (χ1) is 7.38. The molecule has 1 aliphatic carbocycles. The minimum Gasteiger partial charge on any atom is -0.490 e. The second-order valence-electron chi connectivity index (χ2n) is 4.05. The lowest BCUT2D eigenvalue weighted by Gasteiger charge is -2.22. The average molecular weight is 222 g/mol. The van der Waals surface area contributed by atoms with Gasteiger partial charge >= 0.3 is 0 Å². The summed E-state index contributed by atoms with van der Waals surface area (Å²) in [6.07, 6.45) is 9.04. The van der Waals surface area contributed by atoms with E-state index in [0.29, 0.717) is 6.10 Å². The SMILES string of the molecule is CSc1ccc(OC2CCCCC2)cc1. The van der Waals surface area contributed by atoms with Crippen LogP contribution in [0.15, 0.2) is 29.2 Å². The van der Waals surface area contributed by atoms with Crippen LogP contribution in [0.2, 0.25) is 0 Å². The van der Waals surface area contributed by atoms with E-state index in [1.165, 1.54) is 37.0 Å². The Morgan fingerprint density at radius 3 is 2.33 bits per heavy atom. The van der Waals surface area contributed by atoms with Gasteiger partial charge < -0.3 is 4.74 Å². The van der Waals surface area contributed by atoms with Crippen LogP contribution in [0.25, 0.3) is 0 Å². The van der Waals surface area contributed by atoms with Crippen molar-refractivity contribution in [1.29, 1.82) is 0 Å². The Hall–Kier alpha value is -0.630. The summed E-state index contributed by atoms with van der Waals surface area (Å²) in [5.74, 6) is 1.03. The standard InChI is InChI=1S/C13H18OS/c1-15-13-9-7-12(8-10-13)14-11-5-3-2-4-6-11/h7-11H,2-6H2,1H3. The highest BCUT2D eigenvalue weighted by Crippen LogP contribution is 2.25. The first-order valence-electron chi connectivity index (χ1n) is 5.69. The molecule has 1 nitrogen and oxygen atoms in total. The molecule has 2 heteroatoms. The molecule has 82 valence electrons. The molecule has 0 saturated heterocycles. The summed E-state index contributed by atoms with van der Waals surface area (Å²) >= 11 is 1.77. The molecule has 1 saturated carbocycles. The summed E-state index contributed by atoms with van der Waals surface area (Å²) in [7, 11) is 0. The van der Waals surface area contributed by atoms with Crippen molar-refractivity contribution in [3.05, 3.63) is 24.3 Å². The van der Waals surface area contributed by atoms with E-state index in [-0.39, 0.29) is 0 Å². The average Bonchev–Trinajstić information content (AvgIpc) is 2.31. The van der Waals surface area contributed by atoms with E-state index in [2.05, 4.69) is 30.5 Å². The number of rotatable bonds is 3. The Labute approximate surface area is 96.2 Å². The molecule has 0 aliphatic heterocycles. The van der Waals surface area contributed by atoms with Crippen molar-refractivity contribution in [3.8, 4) is 5.75 Å². The number of thioether (sulfide) groups is 1. The summed E-state index contributed by atoms with van der Waals surface area (Å²) in [5, 5.41) is 0. The van der Waals surface area contributed by atoms with Gasteiger partial charge in [-0.2, -0.15) is 0 Å². The zero-order valence-corrected chi connectivity index (χ0v) is 10.1. The van der Waals surface area contributed by atoms with E-state index in [4.69, 9.17) is 4.74 Å². The van der Waals surface area contributed by atoms with Gasteiger partial charge in [0.05, 0.1) is 6.10 Å². The van der Waals surface area contributed by atoms with Crippen LogP contribution in [0.5, 0.6) is 5.75 Å². The number of ether oxygens (including phenoxy) is 1. The third-order valence-corrected chi connectivity index (χ3v) is 3.66. The van der Waals surface area contributed by atoms with Crippen molar-refractivity contribution in [2.75, 3.05) is 6.26 Å². The highest BCUT2D eigenvalue weighted by atomic mass is 32.2. The summed E-state index contributed by atoms with van der Waals surface area (Å²) in [5.41, 5.74) is 0. The third-order valence-electron chi connectivity index (χ3n) is 2.91. The van der Waals surface area contributed by atoms with Crippen LogP contribution in [0, 0.1) is 0 Å². The first-order valence-corrected chi connectivity index (χ1v) is 6.91. The lowest BCUT2D eigenvalue weighted by molar-refractivity contribution is 0.155. The van der Waals surface area contributed by atoms with Crippen molar-refractivity contribution in [1.82, 2.24) is 0 Å². The Morgan fingerprint density at radius 1 is 1.07 bits per heavy atom. The number of benzene rings is 1. The maximum Gasteiger partial charge on any atom is 0.119 e. The molecule has 0 bridgehead atoms. The van der Waals surface area contributed by atoms with E-state index < -0.39 is 0 Å². The van der Waals surface area contributed by atoms with Crippen molar-refractivity contribution >= 4 is 11.8 Å². The van der Waals surface area contributed by atoms with E-state index in [1.807, 2.05) is 0 Å². The van der Waals surface area contributed by atoms with E-state index in [0.717, 1.165) is 5.75 Å². The molecule has 1 fully saturated rings. The number of hydrogen-bond acceptors (Lipinski definition) is 2. The molecule has 0 atom stereocenters. The van der Waals surface area contributed by atoms with E-state index >= 15 is 0 Å². The molecular weight excluding hydrogens is 204 g/mol. The normalized spacial score (nSPS) is 17.7. The largest absolute Gasteiger partial charge is 0.490 e. The third kappa shape index (κ3) is 3.16. The predicted molar refractivity (Wildman–Crippen MR) is 65.7 cm³/mol. The highest BCUT2D eigenvalue weighted by Gasteiger charge is 2.14. The first kappa shape index (κ1) is 10.9. The Bertz CT molecular complexity index is 288. The van der Waals surface area contributed by atoms with Gasteiger partial charge in [0.25, 0.3) is 0 Å². The second kappa shape index (κ2) is 5.45. The summed E-state index contributed by atoms with van der Waals surface area (Å²) in [4.78, 5) is 1.30. The fourth-order valence-corrected chi connectivity index (χ4v) is 2.44. The van der Waals surface area contributed by atoms with Gasteiger partial charge in [-0.05, 0) is 56.2 Å². The molecule has 1 aromatic rings. The summed E-state index contributed by atoms with van der Waals surface area (Å²) in [6.45, 7) is 0. The van der Waals surface area contributed by atoms with Crippen LogP contribution in [0.3, 0.4) is 0 Å². The summed E-state index contributed by atoms with van der Waals surface area (Å²) in [6, 6.07) is 8.42. The van der Waals surface area contributed by atoms with Crippen LogP contribution in [-0.2, 0) is 0 Å². The molecule has 0 unspecified atom stereocenters. The Kier molecular flexibility index (Phi) is 3.95. The van der Waals surface area contributed by atoms with Crippen LogP contribution >= 0.6 is 11.8 Å².